The number of amides is 1. The second kappa shape index (κ2) is 5.76. The molecule has 3 N–H and O–H groups in total. The molecule has 0 aliphatic rings. The number of hydrogen-bond acceptors (Lipinski definition) is 4. The Morgan fingerprint density at radius 1 is 1.60 bits per heavy atom. The fourth-order valence-electron chi connectivity index (χ4n) is 1.76. The third kappa shape index (κ3) is 3.26. The molecule has 1 atom stereocenters. The molecule has 0 saturated heterocycles. The first-order valence-electron chi connectivity index (χ1n) is 6.48. The van der Waals surface area contributed by atoms with Crippen molar-refractivity contribution in [3.8, 4) is 0 Å². The predicted octanol–water partition coefficient (Wildman–Crippen LogP) is 2.23. The largest absolute Gasteiger partial charge is 0.384 e. The fraction of sp³-hybridized carbons (Fsp3) is 0.429. The standard InChI is InChI=1S/C14H19N3O2S/c1-9(2)11-6-12(17-16-11)13(18)15-8-14(3,19)10-4-5-20-7-10/h4-7,9,19H,8H2,1-3H3,(H,15,18)(H,16,17). The molecule has 0 aliphatic heterocycles. The summed E-state index contributed by atoms with van der Waals surface area (Å²) in [5.74, 6) is 0.00150. The van der Waals surface area contributed by atoms with E-state index in [4.69, 9.17) is 0 Å². The number of thiophene rings is 1. The van der Waals surface area contributed by atoms with Gasteiger partial charge < -0.3 is 10.4 Å². The van der Waals surface area contributed by atoms with Crippen molar-refractivity contribution in [1.82, 2.24) is 15.5 Å². The summed E-state index contributed by atoms with van der Waals surface area (Å²) in [6.45, 7) is 5.87. The molecule has 0 aliphatic carbocycles. The van der Waals surface area contributed by atoms with Gasteiger partial charge in [0.15, 0.2) is 0 Å². The van der Waals surface area contributed by atoms with Crippen LogP contribution in [-0.4, -0.2) is 27.8 Å². The summed E-state index contributed by atoms with van der Waals surface area (Å²) in [4.78, 5) is 12.0. The molecule has 0 radical (unpaired) electrons. The van der Waals surface area contributed by atoms with E-state index in [1.54, 1.807) is 13.0 Å². The molecule has 1 unspecified atom stereocenters. The number of carbonyl (C=O) groups excluding carboxylic acids is 1. The molecule has 0 saturated carbocycles. The van der Waals surface area contributed by atoms with Gasteiger partial charge in [0.05, 0.1) is 6.54 Å². The number of aromatic amines is 1. The molecular formula is C14H19N3O2S. The monoisotopic (exact) mass is 293 g/mol. The first-order chi connectivity index (χ1) is 9.40. The molecule has 5 nitrogen and oxygen atoms in total. The van der Waals surface area contributed by atoms with Gasteiger partial charge in [0.2, 0.25) is 0 Å². The van der Waals surface area contributed by atoms with Gasteiger partial charge in [0, 0.05) is 5.69 Å². The molecule has 2 heterocycles. The van der Waals surface area contributed by atoms with E-state index in [0.717, 1.165) is 11.3 Å². The van der Waals surface area contributed by atoms with Gasteiger partial charge in [-0.3, -0.25) is 9.89 Å². The maximum Gasteiger partial charge on any atom is 0.271 e. The molecule has 0 fully saturated rings. The van der Waals surface area contributed by atoms with Crippen molar-refractivity contribution in [2.75, 3.05) is 6.54 Å². The molecule has 0 bridgehead atoms. The molecule has 0 aromatic carbocycles. The second-order valence-electron chi connectivity index (χ2n) is 5.33. The van der Waals surface area contributed by atoms with Gasteiger partial charge in [-0.05, 0) is 41.3 Å². The van der Waals surface area contributed by atoms with E-state index in [-0.39, 0.29) is 18.4 Å². The molecule has 6 heteroatoms. The van der Waals surface area contributed by atoms with Crippen LogP contribution in [-0.2, 0) is 5.60 Å². The highest BCUT2D eigenvalue weighted by molar-refractivity contribution is 7.08. The number of aliphatic hydroxyl groups is 1. The summed E-state index contributed by atoms with van der Waals surface area (Å²) in [6.07, 6.45) is 0. The number of nitrogens with zero attached hydrogens (tertiary/aromatic N) is 1. The summed E-state index contributed by atoms with van der Waals surface area (Å²) in [7, 11) is 0. The predicted molar refractivity (Wildman–Crippen MR) is 78.9 cm³/mol. The van der Waals surface area contributed by atoms with Crippen molar-refractivity contribution >= 4 is 17.2 Å². The van der Waals surface area contributed by atoms with Crippen LogP contribution in [0.2, 0.25) is 0 Å². The molecular weight excluding hydrogens is 274 g/mol. The highest BCUT2D eigenvalue weighted by atomic mass is 32.1. The Labute approximate surface area is 122 Å². The average molecular weight is 293 g/mol. The first kappa shape index (κ1) is 14.7. The van der Waals surface area contributed by atoms with E-state index in [2.05, 4.69) is 15.5 Å². The van der Waals surface area contributed by atoms with Crippen molar-refractivity contribution in [2.45, 2.75) is 32.3 Å². The molecule has 108 valence electrons. The van der Waals surface area contributed by atoms with Crippen molar-refractivity contribution in [2.24, 2.45) is 0 Å². The van der Waals surface area contributed by atoms with Crippen molar-refractivity contribution in [1.29, 1.82) is 0 Å². The molecule has 1 amide bonds. The lowest BCUT2D eigenvalue weighted by Crippen LogP contribution is -2.38. The number of H-pyrrole nitrogens is 1. The molecule has 2 rings (SSSR count). The van der Waals surface area contributed by atoms with E-state index < -0.39 is 5.60 Å². The number of nitrogens with one attached hydrogen (secondary N) is 2. The van der Waals surface area contributed by atoms with Gasteiger partial charge >= 0.3 is 0 Å². The molecule has 0 spiro atoms. The van der Waals surface area contributed by atoms with Gasteiger partial charge in [0.25, 0.3) is 5.91 Å². The van der Waals surface area contributed by atoms with Crippen LogP contribution in [0.3, 0.4) is 0 Å². The maximum atomic E-state index is 12.0. The highest BCUT2D eigenvalue weighted by Crippen LogP contribution is 2.22. The van der Waals surface area contributed by atoms with Crippen LogP contribution in [0, 0.1) is 0 Å². The third-order valence-corrected chi connectivity index (χ3v) is 3.87. The summed E-state index contributed by atoms with van der Waals surface area (Å²) < 4.78 is 0. The highest BCUT2D eigenvalue weighted by Gasteiger charge is 2.25. The molecule has 2 aromatic heterocycles. The lowest BCUT2D eigenvalue weighted by Gasteiger charge is -2.22. The average Bonchev–Trinajstić information content (AvgIpc) is 3.06. The van der Waals surface area contributed by atoms with E-state index >= 15 is 0 Å². The van der Waals surface area contributed by atoms with E-state index in [9.17, 15) is 9.90 Å². The Morgan fingerprint density at radius 3 is 2.90 bits per heavy atom. The molecule has 2 aromatic rings. The first-order valence-corrected chi connectivity index (χ1v) is 7.43. The van der Waals surface area contributed by atoms with Crippen molar-refractivity contribution < 1.29 is 9.90 Å². The van der Waals surface area contributed by atoms with E-state index in [0.29, 0.717) is 5.69 Å². The van der Waals surface area contributed by atoms with Crippen LogP contribution in [0.25, 0.3) is 0 Å². The minimum absolute atomic E-state index is 0.145. The Balaban J connectivity index is 1.98. The second-order valence-corrected chi connectivity index (χ2v) is 6.11. The van der Waals surface area contributed by atoms with Crippen LogP contribution in [0.1, 0.15) is 48.4 Å². The van der Waals surface area contributed by atoms with Crippen molar-refractivity contribution in [3.63, 3.8) is 0 Å². The third-order valence-electron chi connectivity index (χ3n) is 3.19. The Hall–Kier alpha value is -1.66. The zero-order valence-electron chi connectivity index (χ0n) is 11.8. The van der Waals surface area contributed by atoms with Crippen LogP contribution in [0.5, 0.6) is 0 Å². The minimum Gasteiger partial charge on any atom is -0.384 e. The SMILES string of the molecule is CC(C)c1cc(C(=O)NCC(C)(O)c2ccsc2)n[nH]1. The van der Waals surface area contributed by atoms with Gasteiger partial charge in [-0.25, -0.2) is 0 Å². The number of hydrogen-bond donors (Lipinski definition) is 3. The number of carbonyl (C=O) groups is 1. The minimum atomic E-state index is -1.08. The van der Waals surface area contributed by atoms with Crippen LogP contribution in [0.15, 0.2) is 22.9 Å². The van der Waals surface area contributed by atoms with Gasteiger partial charge in [-0.2, -0.15) is 16.4 Å². The molecule has 20 heavy (non-hydrogen) atoms. The van der Waals surface area contributed by atoms with Gasteiger partial charge in [-0.1, -0.05) is 13.8 Å². The van der Waals surface area contributed by atoms with E-state index in [1.165, 1.54) is 11.3 Å². The number of aromatic nitrogens is 2. The zero-order chi connectivity index (χ0) is 14.8. The smallest absolute Gasteiger partial charge is 0.271 e. The zero-order valence-corrected chi connectivity index (χ0v) is 12.6. The lowest BCUT2D eigenvalue weighted by atomic mass is 9.99. The normalized spacial score (nSPS) is 14.2. The van der Waals surface area contributed by atoms with Gasteiger partial charge in [-0.15, -0.1) is 0 Å². The Kier molecular flexibility index (Phi) is 4.25. The summed E-state index contributed by atoms with van der Waals surface area (Å²) >= 11 is 1.51. The van der Waals surface area contributed by atoms with E-state index in [1.807, 2.05) is 30.7 Å². The van der Waals surface area contributed by atoms with Crippen molar-refractivity contribution in [3.05, 3.63) is 39.8 Å². The summed E-state index contributed by atoms with van der Waals surface area (Å²) in [5.41, 5.74) is 0.981. The fourth-order valence-corrected chi connectivity index (χ4v) is 2.55. The quantitative estimate of drug-likeness (QED) is 0.791. The lowest BCUT2D eigenvalue weighted by molar-refractivity contribution is 0.0528. The topological polar surface area (TPSA) is 78.0 Å². The summed E-state index contributed by atoms with van der Waals surface area (Å²) in [6, 6.07) is 3.58. The maximum absolute atomic E-state index is 12.0. The summed E-state index contributed by atoms with van der Waals surface area (Å²) in [5, 5.41) is 23.6. The van der Waals surface area contributed by atoms with Crippen LogP contribution >= 0.6 is 11.3 Å². The van der Waals surface area contributed by atoms with Crippen LogP contribution in [0.4, 0.5) is 0 Å². The Morgan fingerprint density at radius 2 is 2.35 bits per heavy atom. The van der Waals surface area contributed by atoms with Crippen LogP contribution < -0.4 is 5.32 Å². The van der Waals surface area contributed by atoms with Gasteiger partial charge in [0.1, 0.15) is 11.3 Å². The number of rotatable bonds is 5. The Bertz CT molecular complexity index is 573.